The second kappa shape index (κ2) is 5.20. The van der Waals surface area contributed by atoms with Crippen molar-refractivity contribution in [2.24, 2.45) is 5.92 Å². The predicted molar refractivity (Wildman–Crippen MR) is 49.2 cm³/mol. The first-order valence-electron chi connectivity index (χ1n) is 3.58. The minimum atomic E-state index is -0.269. The Morgan fingerprint density at radius 3 is 2.58 bits per heavy atom. The van der Waals surface area contributed by atoms with Crippen LogP contribution in [0.4, 0.5) is 0 Å². The molecule has 0 aliphatic heterocycles. The Kier molecular flexibility index (Phi) is 4.55. The van der Waals surface area contributed by atoms with Crippen LogP contribution in [0, 0.1) is 17.2 Å². The van der Waals surface area contributed by atoms with E-state index < -0.39 is 0 Å². The van der Waals surface area contributed by atoms with Gasteiger partial charge >= 0.3 is 0 Å². The summed E-state index contributed by atoms with van der Waals surface area (Å²) in [6, 6.07) is 2.11. The molecule has 0 saturated carbocycles. The van der Waals surface area contributed by atoms with Crippen LogP contribution in [0.2, 0.25) is 0 Å². The highest BCUT2D eigenvalue weighted by Crippen LogP contribution is 2.17. The maximum atomic E-state index is 8.72. The molecule has 0 spiro atoms. The molecular weight excluding hydrogens is 150 g/mol. The molecule has 0 aromatic carbocycles. The fourth-order valence-electron chi connectivity index (χ4n) is 0.713. The summed E-state index contributed by atoms with van der Waals surface area (Å²) in [6.07, 6.45) is 2.06. The standard InChI is InChI=1S/C10H13NO/c1-5-8(2)10(7-11)6-9(3)12-4/h5,10H,1-3,6H2,4H3. The van der Waals surface area contributed by atoms with E-state index in [2.05, 4.69) is 25.8 Å². The van der Waals surface area contributed by atoms with Crippen molar-refractivity contribution in [2.45, 2.75) is 6.42 Å². The lowest BCUT2D eigenvalue weighted by atomic mass is 9.98. The maximum absolute atomic E-state index is 8.72. The second-order valence-electron chi connectivity index (χ2n) is 2.41. The van der Waals surface area contributed by atoms with Crippen LogP contribution < -0.4 is 0 Å². The van der Waals surface area contributed by atoms with Crippen molar-refractivity contribution < 1.29 is 4.74 Å². The van der Waals surface area contributed by atoms with E-state index in [1.165, 1.54) is 7.11 Å². The van der Waals surface area contributed by atoms with Gasteiger partial charge in [0.05, 0.1) is 24.9 Å². The molecule has 0 radical (unpaired) electrons. The number of hydrogen-bond acceptors (Lipinski definition) is 2. The van der Waals surface area contributed by atoms with E-state index in [-0.39, 0.29) is 5.92 Å². The summed E-state index contributed by atoms with van der Waals surface area (Å²) in [7, 11) is 1.54. The number of hydrogen-bond donors (Lipinski definition) is 0. The van der Waals surface area contributed by atoms with Crippen LogP contribution in [0.3, 0.4) is 0 Å². The fraction of sp³-hybridized carbons (Fsp3) is 0.300. The van der Waals surface area contributed by atoms with Gasteiger partial charge in [0.15, 0.2) is 0 Å². The van der Waals surface area contributed by atoms with Gasteiger partial charge in [-0.2, -0.15) is 5.26 Å². The quantitative estimate of drug-likeness (QED) is 0.460. The Morgan fingerprint density at radius 2 is 2.25 bits per heavy atom. The summed E-state index contributed by atoms with van der Waals surface area (Å²) in [5.74, 6) is 0.319. The molecule has 64 valence electrons. The Labute approximate surface area is 73.5 Å². The third-order valence-corrected chi connectivity index (χ3v) is 1.59. The van der Waals surface area contributed by atoms with Gasteiger partial charge in [-0.3, -0.25) is 0 Å². The van der Waals surface area contributed by atoms with Crippen molar-refractivity contribution >= 4 is 0 Å². The number of ether oxygens (including phenoxy) is 1. The number of methoxy groups -OCH3 is 1. The number of nitriles is 1. The molecule has 0 aliphatic rings. The summed E-state index contributed by atoms with van der Waals surface area (Å²) in [4.78, 5) is 0. The molecule has 0 amide bonds. The Balaban J connectivity index is 4.20. The number of rotatable bonds is 5. The van der Waals surface area contributed by atoms with Gasteiger partial charge < -0.3 is 4.74 Å². The highest BCUT2D eigenvalue weighted by atomic mass is 16.5. The van der Waals surface area contributed by atoms with Gasteiger partial charge in [0.25, 0.3) is 0 Å². The van der Waals surface area contributed by atoms with Gasteiger partial charge in [-0.05, 0) is 5.57 Å². The zero-order valence-corrected chi connectivity index (χ0v) is 7.34. The zero-order valence-electron chi connectivity index (χ0n) is 7.34. The van der Waals surface area contributed by atoms with E-state index in [4.69, 9.17) is 10.00 Å². The van der Waals surface area contributed by atoms with Gasteiger partial charge in [-0.1, -0.05) is 25.8 Å². The lowest BCUT2D eigenvalue weighted by Gasteiger charge is -2.09. The van der Waals surface area contributed by atoms with Crippen molar-refractivity contribution in [3.05, 3.63) is 37.1 Å². The number of nitrogens with zero attached hydrogens (tertiary/aromatic N) is 1. The first-order chi connectivity index (χ1) is 5.65. The van der Waals surface area contributed by atoms with Crippen LogP contribution >= 0.6 is 0 Å². The molecule has 2 nitrogen and oxygen atoms in total. The van der Waals surface area contributed by atoms with Gasteiger partial charge in [-0.15, -0.1) is 0 Å². The van der Waals surface area contributed by atoms with Crippen molar-refractivity contribution in [2.75, 3.05) is 7.11 Å². The van der Waals surface area contributed by atoms with Crippen molar-refractivity contribution in [1.29, 1.82) is 5.26 Å². The van der Waals surface area contributed by atoms with Crippen molar-refractivity contribution in [3.8, 4) is 6.07 Å². The van der Waals surface area contributed by atoms with Gasteiger partial charge in [0, 0.05) is 6.42 Å². The molecule has 0 aliphatic carbocycles. The SMILES string of the molecule is C=CC(=C)C(C#N)CC(=C)OC. The molecule has 1 unspecified atom stereocenters. The highest BCUT2D eigenvalue weighted by Gasteiger charge is 2.10. The molecule has 0 aromatic rings. The fourth-order valence-corrected chi connectivity index (χ4v) is 0.713. The number of allylic oxidation sites excluding steroid dienone is 3. The van der Waals surface area contributed by atoms with E-state index in [0.717, 1.165) is 0 Å². The monoisotopic (exact) mass is 163 g/mol. The first-order valence-corrected chi connectivity index (χ1v) is 3.58. The topological polar surface area (TPSA) is 33.0 Å². The average Bonchev–Trinajstić information content (AvgIpc) is 2.12. The average molecular weight is 163 g/mol. The van der Waals surface area contributed by atoms with E-state index in [0.29, 0.717) is 17.8 Å². The zero-order chi connectivity index (χ0) is 9.56. The third-order valence-electron chi connectivity index (χ3n) is 1.59. The predicted octanol–water partition coefficient (Wildman–Crippen LogP) is 2.42. The Hall–Kier alpha value is -1.49. The molecular formula is C10H13NO. The van der Waals surface area contributed by atoms with Crippen LogP contribution in [0.15, 0.2) is 37.1 Å². The summed E-state index contributed by atoms with van der Waals surface area (Å²) < 4.78 is 4.86. The molecule has 0 rings (SSSR count). The van der Waals surface area contributed by atoms with Crippen LogP contribution in [0.5, 0.6) is 0 Å². The Bertz CT molecular complexity index is 235. The van der Waals surface area contributed by atoms with Crippen LogP contribution in [-0.4, -0.2) is 7.11 Å². The normalized spacial score (nSPS) is 11.0. The third kappa shape index (κ3) is 3.07. The van der Waals surface area contributed by atoms with E-state index in [9.17, 15) is 0 Å². The summed E-state index contributed by atoms with van der Waals surface area (Å²) in [6.45, 7) is 10.9. The molecule has 0 saturated heterocycles. The molecule has 0 bridgehead atoms. The molecule has 0 aromatic heterocycles. The highest BCUT2D eigenvalue weighted by molar-refractivity contribution is 5.22. The second-order valence-corrected chi connectivity index (χ2v) is 2.41. The van der Waals surface area contributed by atoms with Crippen LogP contribution in [-0.2, 0) is 4.74 Å². The smallest absolute Gasteiger partial charge is 0.0900 e. The molecule has 2 heteroatoms. The van der Waals surface area contributed by atoms with Gasteiger partial charge in [0.2, 0.25) is 0 Å². The van der Waals surface area contributed by atoms with Gasteiger partial charge in [0.1, 0.15) is 0 Å². The molecule has 0 fully saturated rings. The van der Waals surface area contributed by atoms with Gasteiger partial charge in [-0.25, -0.2) is 0 Å². The maximum Gasteiger partial charge on any atom is 0.0900 e. The largest absolute Gasteiger partial charge is 0.502 e. The van der Waals surface area contributed by atoms with E-state index in [1.807, 2.05) is 0 Å². The van der Waals surface area contributed by atoms with Crippen LogP contribution in [0.1, 0.15) is 6.42 Å². The summed E-state index contributed by atoms with van der Waals surface area (Å²) >= 11 is 0. The molecule has 0 heterocycles. The molecule has 0 N–H and O–H groups in total. The lowest BCUT2D eigenvalue weighted by Crippen LogP contribution is -2.01. The van der Waals surface area contributed by atoms with E-state index >= 15 is 0 Å². The molecule has 1 atom stereocenters. The van der Waals surface area contributed by atoms with Crippen molar-refractivity contribution in [3.63, 3.8) is 0 Å². The summed E-state index contributed by atoms with van der Waals surface area (Å²) in [5, 5.41) is 8.72. The lowest BCUT2D eigenvalue weighted by molar-refractivity contribution is 0.274. The van der Waals surface area contributed by atoms with Crippen LogP contribution in [0.25, 0.3) is 0 Å². The molecule has 12 heavy (non-hydrogen) atoms. The first kappa shape index (κ1) is 10.5. The minimum absolute atomic E-state index is 0.269. The minimum Gasteiger partial charge on any atom is -0.502 e. The van der Waals surface area contributed by atoms with E-state index in [1.54, 1.807) is 6.08 Å². The Morgan fingerprint density at radius 1 is 1.67 bits per heavy atom. The summed E-state index contributed by atoms with van der Waals surface area (Å²) in [5.41, 5.74) is 0.704. The van der Waals surface area contributed by atoms with Crippen molar-refractivity contribution in [1.82, 2.24) is 0 Å².